The van der Waals surface area contributed by atoms with E-state index in [9.17, 15) is 9.59 Å². The number of amides is 2. The van der Waals surface area contributed by atoms with Gasteiger partial charge >= 0.3 is 0 Å². The van der Waals surface area contributed by atoms with E-state index < -0.39 is 0 Å². The van der Waals surface area contributed by atoms with E-state index in [-0.39, 0.29) is 29.4 Å². The highest BCUT2D eigenvalue weighted by molar-refractivity contribution is 8.00. The van der Waals surface area contributed by atoms with E-state index in [1.165, 1.54) is 17.3 Å². The van der Waals surface area contributed by atoms with Crippen LogP contribution in [-0.2, 0) is 9.59 Å². The van der Waals surface area contributed by atoms with Crippen molar-refractivity contribution in [1.82, 2.24) is 5.32 Å². The van der Waals surface area contributed by atoms with Gasteiger partial charge in [-0.05, 0) is 43.5 Å². The average molecular weight is 371 g/mol. The molecule has 0 aliphatic heterocycles. The molecule has 0 fully saturated rings. The highest BCUT2D eigenvalue weighted by Gasteiger charge is 2.13. The molecular formula is C21H26N2O2S. The Morgan fingerprint density at radius 1 is 0.962 bits per heavy atom. The van der Waals surface area contributed by atoms with Gasteiger partial charge in [0.25, 0.3) is 0 Å². The Bertz CT molecular complexity index is 744. The maximum absolute atomic E-state index is 12.2. The zero-order chi connectivity index (χ0) is 18.9. The number of thioether (sulfide) groups is 1. The topological polar surface area (TPSA) is 58.2 Å². The lowest BCUT2D eigenvalue weighted by molar-refractivity contribution is -0.119. The molecule has 1 unspecified atom stereocenters. The molecule has 0 radical (unpaired) electrons. The number of nitrogens with one attached hydrogen (secondary N) is 2. The largest absolute Gasteiger partial charge is 0.349 e. The lowest BCUT2D eigenvalue weighted by Crippen LogP contribution is -2.30. The van der Waals surface area contributed by atoms with Crippen LogP contribution in [0.1, 0.15) is 36.1 Å². The standard InChI is InChI=1S/C21H26N2O2S/c1-4-19(17-10-8-15(2)9-11-17)23-21(25)14-26-13-20(24)22-18-7-5-6-16(3)12-18/h5-12,19H,4,13-14H2,1-3H3,(H,22,24)(H,23,25). The van der Waals surface area contributed by atoms with E-state index in [1.807, 2.05) is 57.2 Å². The number of hydrogen-bond acceptors (Lipinski definition) is 3. The molecule has 2 rings (SSSR count). The first-order chi connectivity index (χ1) is 12.5. The molecule has 0 aliphatic rings. The average Bonchev–Trinajstić information content (AvgIpc) is 2.60. The van der Waals surface area contributed by atoms with Gasteiger partial charge in [0.05, 0.1) is 17.5 Å². The zero-order valence-corrected chi connectivity index (χ0v) is 16.4. The van der Waals surface area contributed by atoms with Crippen LogP contribution < -0.4 is 10.6 Å². The molecular weight excluding hydrogens is 344 g/mol. The van der Waals surface area contributed by atoms with Gasteiger partial charge in [0, 0.05) is 5.69 Å². The molecule has 0 aliphatic carbocycles. The van der Waals surface area contributed by atoms with Crippen molar-refractivity contribution < 1.29 is 9.59 Å². The summed E-state index contributed by atoms with van der Waals surface area (Å²) < 4.78 is 0. The van der Waals surface area contributed by atoms with Crippen LogP contribution in [0, 0.1) is 13.8 Å². The van der Waals surface area contributed by atoms with Crippen LogP contribution in [-0.4, -0.2) is 23.3 Å². The molecule has 2 aromatic carbocycles. The van der Waals surface area contributed by atoms with Gasteiger partial charge in [-0.3, -0.25) is 9.59 Å². The van der Waals surface area contributed by atoms with E-state index in [2.05, 4.69) is 22.8 Å². The van der Waals surface area contributed by atoms with Crippen LogP contribution in [0.3, 0.4) is 0 Å². The molecule has 1 atom stereocenters. The first-order valence-corrected chi connectivity index (χ1v) is 9.93. The van der Waals surface area contributed by atoms with Crippen molar-refractivity contribution in [2.24, 2.45) is 0 Å². The second kappa shape index (κ2) is 10.0. The molecule has 5 heteroatoms. The summed E-state index contributed by atoms with van der Waals surface area (Å²) >= 11 is 1.32. The van der Waals surface area contributed by atoms with Gasteiger partial charge in [-0.25, -0.2) is 0 Å². The van der Waals surface area contributed by atoms with E-state index in [4.69, 9.17) is 0 Å². The number of benzene rings is 2. The Kier molecular flexibility index (Phi) is 7.73. The maximum atomic E-state index is 12.2. The van der Waals surface area contributed by atoms with Crippen LogP contribution in [0.15, 0.2) is 48.5 Å². The van der Waals surface area contributed by atoms with Gasteiger partial charge < -0.3 is 10.6 Å². The smallest absolute Gasteiger partial charge is 0.234 e. The van der Waals surface area contributed by atoms with Crippen LogP contribution in [0.4, 0.5) is 5.69 Å². The fourth-order valence-corrected chi connectivity index (χ4v) is 3.24. The maximum Gasteiger partial charge on any atom is 0.234 e. The molecule has 0 bridgehead atoms. The molecule has 2 aromatic rings. The molecule has 138 valence electrons. The van der Waals surface area contributed by atoms with Gasteiger partial charge in [0.1, 0.15) is 0 Å². The van der Waals surface area contributed by atoms with E-state index in [0.717, 1.165) is 23.2 Å². The number of hydrogen-bond donors (Lipinski definition) is 2. The third-order valence-electron chi connectivity index (χ3n) is 3.99. The monoisotopic (exact) mass is 370 g/mol. The number of aryl methyl sites for hydroxylation is 2. The second-order valence-corrected chi connectivity index (χ2v) is 7.34. The molecule has 2 N–H and O–H groups in total. The highest BCUT2D eigenvalue weighted by atomic mass is 32.2. The summed E-state index contributed by atoms with van der Waals surface area (Å²) in [5, 5.41) is 5.89. The summed E-state index contributed by atoms with van der Waals surface area (Å²) in [5.74, 6) is 0.372. The number of anilines is 1. The van der Waals surface area contributed by atoms with Crippen LogP contribution in [0.25, 0.3) is 0 Å². The minimum atomic E-state index is -0.0982. The highest BCUT2D eigenvalue weighted by Crippen LogP contribution is 2.17. The van der Waals surface area contributed by atoms with Crippen LogP contribution in [0.2, 0.25) is 0 Å². The molecule has 0 saturated carbocycles. The van der Waals surface area contributed by atoms with E-state index in [1.54, 1.807) is 0 Å². The van der Waals surface area contributed by atoms with Crippen molar-refractivity contribution in [1.29, 1.82) is 0 Å². The predicted molar refractivity (Wildman–Crippen MR) is 109 cm³/mol. The van der Waals surface area contributed by atoms with Crippen LogP contribution >= 0.6 is 11.8 Å². The van der Waals surface area contributed by atoms with Crippen LogP contribution in [0.5, 0.6) is 0 Å². The number of carbonyl (C=O) groups excluding carboxylic acids is 2. The fourth-order valence-electron chi connectivity index (χ4n) is 2.61. The van der Waals surface area contributed by atoms with Crippen molar-refractivity contribution >= 4 is 29.3 Å². The summed E-state index contributed by atoms with van der Waals surface area (Å²) in [6, 6.07) is 15.9. The molecule has 26 heavy (non-hydrogen) atoms. The summed E-state index contributed by atoms with van der Waals surface area (Å²) in [7, 11) is 0. The molecule has 0 aromatic heterocycles. The van der Waals surface area contributed by atoms with Crippen molar-refractivity contribution in [2.45, 2.75) is 33.2 Å². The molecule has 4 nitrogen and oxygen atoms in total. The number of rotatable bonds is 8. The normalized spacial score (nSPS) is 11.7. The first kappa shape index (κ1) is 20.0. The summed E-state index contributed by atoms with van der Waals surface area (Å²) in [6.45, 7) is 6.07. The summed E-state index contributed by atoms with van der Waals surface area (Å²) in [5.41, 5.74) is 4.18. The number of carbonyl (C=O) groups is 2. The minimum absolute atomic E-state index is 0.00446. The van der Waals surface area contributed by atoms with E-state index >= 15 is 0 Å². The third kappa shape index (κ3) is 6.56. The SMILES string of the molecule is CCC(NC(=O)CSCC(=O)Nc1cccc(C)c1)c1ccc(C)cc1. The van der Waals surface area contributed by atoms with E-state index in [0.29, 0.717) is 0 Å². The molecule has 0 spiro atoms. The zero-order valence-electron chi connectivity index (χ0n) is 15.5. The van der Waals surface area contributed by atoms with Gasteiger partial charge in [0.2, 0.25) is 11.8 Å². The Morgan fingerprint density at radius 3 is 2.31 bits per heavy atom. The lowest BCUT2D eigenvalue weighted by atomic mass is 10.0. The fraction of sp³-hybridized carbons (Fsp3) is 0.333. The summed E-state index contributed by atoms with van der Waals surface area (Å²) in [6.07, 6.45) is 0.827. The minimum Gasteiger partial charge on any atom is -0.349 e. The molecule has 2 amide bonds. The Labute approximate surface area is 159 Å². The summed E-state index contributed by atoms with van der Waals surface area (Å²) in [4.78, 5) is 24.1. The quantitative estimate of drug-likeness (QED) is 0.731. The Balaban J connectivity index is 1.75. The van der Waals surface area contributed by atoms with Crippen molar-refractivity contribution in [2.75, 3.05) is 16.8 Å². The molecule has 0 heterocycles. The third-order valence-corrected chi connectivity index (χ3v) is 4.92. The van der Waals surface area contributed by atoms with Crippen molar-refractivity contribution in [3.8, 4) is 0 Å². The van der Waals surface area contributed by atoms with Gasteiger partial charge in [-0.1, -0.05) is 48.9 Å². The first-order valence-electron chi connectivity index (χ1n) is 8.78. The lowest BCUT2D eigenvalue weighted by Gasteiger charge is -2.17. The van der Waals surface area contributed by atoms with Crippen molar-refractivity contribution in [3.63, 3.8) is 0 Å². The van der Waals surface area contributed by atoms with Gasteiger partial charge in [0.15, 0.2) is 0 Å². The second-order valence-electron chi connectivity index (χ2n) is 6.35. The molecule has 0 saturated heterocycles. The van der Waals surface area contributed by atoms with Crippen molar-refractivity contribution in [3.05, 3.63) is 65.2 Å². The Morgan fingerprint density at radius 2 is 1.65 bits per heavy atom. The predicted octanol–water partition coefficient (Wildman–Crippen LogP) is 4.24. The Hall–Kier alpha value is -2.27. The van der Waals surface area contributed by atoms with Gasteiger partial charge in [-0.15, -0.1) is 11.8 Å². The van der Waals surface area contributed by atoms with Gasteiger partial charge in [-0.2, -0.15) is 0 Å².